The maximum absolute atomic E-state index is 15.5. The van der Waals surface area contributed by atoms with E-state index < -0.39 is 17.4 Å². The van der Waals surface area contributed by atoms with E-state index >= 15 is 4.39 Å². The molecule has 0 aliphatic carbocycles. The van der Waals surface area contributed by atoms with Crippen LogP contribution < -0.4 is 5.32 Å². The average molecular weight is 500 g/mol. The third kappa shape index (κ3) is 5.21. The van der Waals surface area contributed by atoms with Crippen LogP contribution in [0.1, 0.15) is 39.3 Å². The van der Waals surface area contributed by atoms with Crippen LogP contribution in [-0.2, 0) is 9.16 Å². The van der Waals surface area contributed by atoms with Gasteiger partial charge < -0.3 is 15.0 Å². The monoisotopic (exact) mass is 500 g/mol. The molecule has 2 aromatic heterocycles. The number of hydrogen-bond donors (Lipinski definition) is 1. The number of anilines is 1. The van der Waals surface area contributed by atoms with Gasteiger partial charge in [-0.05, 0) is 51.8 Å². The quantitative estimate of drug-likeness (QED) is 0.487. The SMILES string of the molecule is CC(C)(C)OC(=O)N1CCC[C@@](F)(CNc2nc(CI)cc3ncccc23)C1. The maximum atomic E-state index is 15.5. The summed E-state index contributed by atoms with van der Waals surface area (Å²) in [4.78, 5) is 22.8. The van der Waals surface area contributed by atoms with Gasteiger partial charge in [-0.3, -0.25) is 4.98 Å². The van der Waals surface area contributed by atoms with Gasteiger partial charge in [0.1, 0.15) is 17.1 Å². The average Bonchev–Trinajstić information content (AvgIpc) is 2.64. The molecule has 0 aromatic carbocycles. The highest BCUT2D eigenvalue weighted by molar-refractivity contribution is 14.1. The first-order chi connectivity index (χ1) is 13.2. The van der Waals surface area contributed by atoms with Crippen molar-refractivity contribution in [1.29, 1.82) is 0 Å². The van der Waals surface area contributed by atoms with Crippen molar-refractivity contribution < 1.29 is 13.9 Å². The molecule has 0 saturated carbocycles. The number of rotatable bonds is 4. The summed E-state index contributed by atoms with van der Waals surface area (Å²) in [6.45, 7) is 6.03. The van der Waals surface area contributed by atoms with Gasteiger partial charge in [0.05, 0.1) is 24.3 Å². The fraction of sp³-hybridized carbons (Fsp3) is 0.550. The molecule has 0 spiro atoms. The molecule has 1 fully saturated rings. The van der Waals surface area contributed by atoms with Crippen LogP contribution in [0.2, 0.25) is 0 Å². The van der Waals surface area contributed by atoms with E-state index in [-0.39, 0.29) is 13.1 Å². The number of piperidine rings is 1. The molecule has 0 bridgehead atoms. The number of fused-ring (bicyclic) bond motifs is 1. The second-order valence-electron chi connectivity index (χ2n) is 8.18. The molecule has 1 amide bonds. The summed E-state index contributed by atoms with van der Waals surface area (Å²) in [6.07, 6.45) is 2.26. The Morgan fingerprint density at radius 1 is 1.46 bits per heavy atom. The number of nitrogens with one attached hydrogen (secondary N) is 1. The number of aromatic nitrogens is 2. The van der Waals surface area contributed by atoms with E-state index in [0.29, 0.717) is 25.2 Å². The van der Waals surface area contributed by atoms with Crippen LogP contribution in [0, 0.1) is 0 Å². The molecular formula is C20H26FIN4O2. The first-order valence-corrected chi connectivity index (χ1v) is 10.9. The Kier molecular flexibility index (Phi) is 6.26. The highest BCUT2D eigenvalue weighted by atomic mass is 127. The topological polar surface area (TPSA) is 67.3 Å². The van der Waals surface area contributed by atoms with Crippen LogP contribution >= 0.6 is 22.6 Å². The third-order valence-electron chi connectivity index (χ3n) is 4.54. The van der Waals surface area contributed by atoms with Crippen LogP contribution in [0.25, 0.3) is 10.9 Å². The molecule has 1 saturated heterocycles. The lowest BCUT2D eigenvalue weighted by Crippen LogP contribution is -2.52. The second kappa shape index (κ2) is 8.34. The lowest BCUT2D eigenvalue weighted by Gasteiger charge is -2.38. The van der Waals surface area contributed by atoms with Crippen molar-refractivity contribution >= 4 is 45.4 Å². The number of nitrogens with zero attached hydrogens (tertiary/aromatic N) is 3. The number of halogens is 2. The number of likely N-dealkylation sites (tertiary alicyclic amines) is 1. The normalized spacial score (nSPS) is 20.2. The zero-order valence-corrected chi connectivity index (χ0v) is 18.6. The Morgan fingerprint density at radius 3 is 2.96 bits per heavy atom. The molecule has 6 nitrogen and oxygen atoms in total. The molecule has 0 radical (unpaired) electrons. The summed E-state index contributed by atoms with van der Waals surface area (Å²) >= 11 is 2.25. The van der Waals surface area contributed by atoms with Gasteiger partial charge in [0.25, 0.3) is 0 Å². The van der Waals surface area contributed by atoms with Gasteiger partial charge in [-0.15, -0.1) is 0 Å². The Hall–Kier alpha value is -1.71. The Labute approximate surface area is 178 Å². The van der Waals surface area contributed by atoms with Crippen molar-refractivity contribution in [2.75, 3.05) is 25.0 Å². The molecule has 1 N–H and O–H groups in total. The molecule has 2 aromatic rings. The van der Waals surface area contributed by atoms with Crippen molar-refractivity contribution in [2.24, 2.45) is 0 Å². The number of pyridine rings is 2. The van der Waals surface area contributed by atoms with E-state index in [4.69, 9.17) is 4.74 Å². The Morgan fingerprint density at radius 2 is 2.25 bits per heavy atom. The van der Waals surface area contributed by atoms with Crippen molar-refractivity contribution in [3.63, 3.8) is 0 Å². The summed E-state index contributed by atoms with van der Waals surface area (Å²) in [5.41, 5.74) is -0.410. The molecule has 1 aliphatic rings. The fourth-order valence-electron chi connectivity index (χ4n) is 3.29. The minimum absolute atomic E-state index is 0.0110. The largest absolute Gasteiger partial charge is 0.444 e. The minimum atomic E-state index is -1.54. The second-order valence-corrected chi connectivity index (χ2v) is 8.94. The van der Waals surface area contributed by atoms with Crippen LogP contribution in [0.4, 0.5) is 15.0 Å². The number of hydrogen-bond acceptors (Lipinski definition) is 5. The molecule has 28 heavy (non-hydrogen) atoms. The van der Waals surface area contributed by atoms with Gasteiger partial charge in [-0.25, -0.2) is 14.2 Å². The number of carbonyl (C=O) groups is 1. The summed E-state index contributed by atoms with van der Waals surface area (Å²) in [5.74, 6) is 0.628. The van der Waals surface area contributed by atoms with Crippen LogP contribution in [0.15, 0.2) is 24.4 Å². The molecular weight excluding hydrogens is 474 g/mol. The van der Waals surface area contributed by atoms with Gasteiger partial charge in [0.2, 0.25) is 0 Å². The van der Waals surface area contributed by atoms with Gasteiger partial charge in [-0.2, -0.15) is 0 Å². The maximum Gasteiger partial charge on any atom is 0.410 e. The molecule has 3 rings (SSSR count). The van der Waals surface area contributed by atoms with Crippen LogP contribution in [0.5, 0.6) is 0 Å². The van der Waals surface area contributed by atoms with Crippen molar-refractivity contribution in [2.45, 2.75) is 49.3 Å². The van der Waals surface area contributed by atoms with Gasteiger partial charge >= 0.3 is 6.09 Å². The van der Waals surface area contributed by atoms with E-state index in [9.17, 15) is 4.79 Å². The molecule has 8 heteroatoms. The van der Waals surface area contributed by atoms with Gasteiger partial charge in [0.15, 0.2) is 0 Å². The molecule has 3 heterocycles. The minimum Gasteiger partial charge on any atom is -0.444 e. The number of ether oxygens (including phenoxy) is 1. The van der Waals surface area contributed by atoms with E-state index in [1.165, 1.54) is 4.90 Å². The smallest absolute Gasteiger partial charge is 0.410 e. The summed E-state index contributed by atoms with van der Waals surface area (Å²) in [7, 11) is 0. The Bertz CT molecular complexity index is 858. The number of carbonyl (C=O) groups excluding carboxylic acids is 1. The fourth-order valence-corrected chi connectivity index (χ4v) is 3.68. The van der Waals surface area contributed by atoms with Crippen molar-refractivity contribution in [1.82, 2.24) is 14.9 Å². The van der Waals surface area contributed by atoms with Crippen LogP contribution in [-0.4, -0.2) is 51.9 Å². The zero-order valence-electron chi connectivity index (χ0n) is 16.5. The summed E-state index contributed by atoms with van der Waals surface area (Å²) in [6, 6.07) is 5.71. The third-order valence-corrected chi connectivity index (χ3v) is 5.32. The lowest BCUT2D eigenvalue weighted by atomic mass is 9.94. The predicted octanol–water partition coefficient (Wildman–Crippen LogP) is 4.72. The summed E-state index contributed by atoms with van der Waals surface area (Å²) < 4.78 is 21.7. The number of amides is 1. The first kappa shape index (κ1) is 21.0. The lowest BCUT2D eigenvalue weighted by molar-refractivity contribution is -0.00210. The van der Waals surface area contributed by atoms with Crippen LogP contribution in [0.3, 0.4) is 0 Å². The number of alkyl halides is 2. The van der Waals surface area contributed by atoms with E-state index in [2.05, 4.69) is 37.9 Å². The van der Waals surface area contributed by atoms with E-state index in [1.54, 1.807) is 6.20 Å². The van der Waals surface area contributed by atoms with Crippen molar-refractivity contribution in [3.8, 4) is 0 Å². The Balaban J connectivity index is 1.73. The molecule has 1 atom stereocenters. The zero-order chi connectivity index (χ0) is 20.4. The van der Waals surface area contributed by atoms with E-state index in [1.807, 2.05) is 39.0 Å². The standard InChI is InChI=1S/C20H26FIN4O2/c1-19(2,3)28-18(27)26-9-5-7-20(21,13-26)12-24-17-15-6-4-8-23-16(15)10-14(11-22)25-17/h4,6,8,10H,5,7,9,11-13H2,1-3H3,(H,24,25)/t20-/m1/s1. The molecule has 1 aliphatic heterocycles. The summed E-state index contributed by atoms with van der Waals surface area (Å²) in [5, 5.41) is 4.03. The van der Waals surface area contributed by atoms with Gasteiger partial charge in [-0.1, -0.05) is 22.6 Å². The predicted molar refractivity (Wildman–Crippen MR) is 117 cm³/mol. The van der Waals surface area contributed by atoms with Crippen molar-refractivity contribution in [3.05, 3.63) is 30.1 Å². The van der Waals surface area contributed by atoms with Gasteiger partial charge in [0, 0.05) is 22.6 Å². The highest BCUT2D eigenvalue weighted by Crippen LogP contribution is 2.29. The highest BCUT2D eigenvalue weighted by Gasteiger charge is 2.38. The first-order valence-electron chi connectivity index (χ1n) is 9.40. The molecule has 152 valence electrons. The van der Waals surface area contributed by atoms with E-state index in [0.717, 1.165) is 21.0 Å². The molecule has 0 unspecified atom stereocenters.